The number of pyridine rings is 1. The van der Waals surface area contributed by atoms with Gasteiger partial charge in [-0.1, -0.05) is 19.3 Å². The molecule has 29 heavy (non-hydrogen) atoms. The highest BCUT2D eigenvalue weighted by Gasteiger charge is 2.18. The van der Waals surface area contributed by atoms with Crippen LogP contribution in [0.2, 0.25) is 0 Å². The number of amides is 2. The third kappa shape index (κ3) is 5.63. The second kappa shape index (κ2) is 9.82. The number of esters is 1. The van der Waals surface area contributed by atoms with E-state index in [1.165, 1.54) is 18.7 Å². The minimum Gasteiger partial charge on any atom is -0.462 e. The summed E-state index contributed by atoms with van der Waals surface area (Å²) in [5.74, 6) is -1.03. The van der Waals surface area contributed by atoms with Crippen LogP contribution in [0.25, 0.3) is 0 Å². The molecule has 0 bridgehead atoms. The van der Waals surface area contributed by atoms with Crippen molar-refractivity contribution in [3.63, 3.8) is 0 Å². The Morgan fingerprint density at radius 3 is 2.41 bits per heavy atom. The first-order valence-corrected chi connectivity index (χ1v) is 9.92. The Morgan fingerprint density at radius 2 is 1.72 bits per heavy atom. The highest BCUT2D eigenvalue weighted by atomic mass is 16.5. The summed E-state index contributed by atoms with van der Waals surface area (Å²) in [7, 11) is 0. The first-order valence-electron chi connectivity index (χ1n) is 9.92. The number of aromatic nitrogens is 1. The number of hydrogen-bond acceptors (Lipinski definition) is 5. The molecule has 2 N–H and O–H groups in total. The molecule has 1 aliphatic carbocycles. The maximum absolute atomic E-state index is 12.5. The number of nitrogens with zero attached hydrogens (tertiary/aromatic N) is 1. The van der Waals surface area contributed by atoms with Crippen LogP contribution in [0.15, 0.2) is 42.6 Å². The van der Waals surface area contributed by atoms with Crippen LogP contribution in [0.1, 0.15) is 70.2 Å². The van der Waals surface area contributed by atoms with E-state index in [4.69, 9.17) is 4.74 Å². The summed E-state index contributed by atoms with van der Waals surface area (Å²) < 4.78 is 4.94. The van der Waals surface area contributed by atoms with Crippen molar-refractivity contribution in [3.05, 3.63) is 59.4 Å². The largest absolute Gasteiger partial charge is 0.462 e. The van der Waals surface area contributed by atoms with E-state index in [2.05, 4.69) is 15.6 Å². The fourth-order valence-electron chi connectivity index (χ4n) is 3.31. The van der Waals surface area contributed by atoms with E-state index in [0.29, 0.717) is 23.4 Å². The number of hydrogen-bond donors (Lipinski definition) is 2. The van der Waals surface area contributed by atoms with Crippen LogP contribution in [0.3, 0.4) is 0 Å². The van der Waals surface area contributed by atoms with Gasteiger partial charge in [-0.05, 0) is 56.2 Å². The van der Waals surface area contributed by atoms with Crippen LogP contribution < -0.4 is 10.6 Å². The van der Waals surface area contributed by atoms with Gasteiger partial charge in [-0.3, -0.25) is 14.6 Å². The van der Waals surface area contributed by atoms with Gasteiger partial charge < -0.3 is 15.4 Å². The normalized spacial score (nSPS) is 14.1. The molecule has 3 rings (SSSR count). The van der Waals surface area contributed by atoms with Crippen LogP contribution in [0.4, 0.5) is 5.69 Å². The molecule has 0 atom stereocenters. The molecule has 1 fully saturated rings. The molecule has 1 aromatic carbocycles. The standard InChI is InChI=1S/C22H25N3O4/c1-2-29-22(28)15-8-10-18(11-9-15)24-20(26)16-12-13-23-19(14-16)21(27)25-17-6-4-3-5-7-17/h8-14,17H,2-7H2,1H3,(H,24,26)(H,25,27). The van der Waals surface area contributed by atoms with Crippen molar-refractivity contribution in [2.24, 2.45) is 0 Å². The predicted molar refractivity (Wildman–Crippen MR) is 109 cm³/mol. The lowest BCUT2D eigenvalue weighted by atomic mass is 9.95. The van der Waals surface area contributed by atoms with Gasteiger partial charge in [0.1, 0.15) is 5.69 Å². The van der Waals surface area contributed by atoms with Crippen LogP contribution in [0, 0.1) is 0 Å². The number of carbonyl (C=O) groups excluding carboxylic acids is 3. The zero-order valence-electron chi connectivity index (χ0n) is 16.4. The minimum atomic E-state index is -0.409. The van der Waals surface area contributed by atoms with E-state index in [0.717, 1.165) is 25.7 Å². The fourth-order valence-corrected chi connectivity index (χ4v) is 3.31. The fraction of sp³-hybridized carbons (Fsp3) is 0.364. The van der Waals surface area contributed by atoms with E-state index in [1.807, 2.05) is 0 Å². The van der Waals surface area contributed by atoms with Gasteiger partial charge in [-0.25, -0.2) is 4.79 Å². The number of anilines is 1. The monoisotopic (exact) mass is 395 g/mol. The van der Waals surface area contributed by atoms with Crippen molar-refractivity contribution >= 4 is 23.5 Å². The molecule has 0 radical (unpaired) electrons. The van der Waals surface area contributed by atoms with Crippen LogP contribution in [-0.2, 0) is 4.74 Å². The molecule has 152 valence electrons. The third-order valence-corrected chi connectivity index (χ3v) is 4.85. The number of nitrogens with one attached hydrogen (secondary N) is 2. The quantitative estimate of drug-likeness (QED) is 0.729. The Balaban J connectivity index is 1.63. The molecule has 7 heteroatoms. The smallest absolute Gasteiger partial charge is 0.338 e. The van der Waals surface area contributed by atoms with E-state index in [1.54, 1.807) is 37.3 Å². The van der Waals surface area contributed by atoms with Crippen molar-refractivity contribution < 1.29 is 19.1 Å². The second-order valence-electron chi connectivity index (χ2n) is 6.99. The molecule has 0 unspecified atom stereocenters. The Kier molecular flexibility index (Phi) is 6.94. The number of benzene rings is 1. The lowest BCUT2D eigenvalue weighted by molar-refractivity contribution is 0.0526. The summed E-state index contributed by atoms with van der Waals surface area (Å²) in [6.45, 7) is 2.04. The molecule has 0 aliphatic heterocycles. The van der Waals surface area contributed by atoms with Crippen LogP contribution in [-0.4, -0.2) is 35.4 Å². The summed E-state index contributed by atoms with van der Waals surface area (Å²) in [6, 6.07) is 9.64. The molecule has 1 heterocycles. The van der Waals surface area contributed by atoms with Gasteiger partial charge in [-0.2, -0.15) is 0 Å². The van der Waals surface area contributed by atoms with E-state index >= 15 is 0 Å². The summed E-state index contributed by atoms with van der Waals surface area (Å²) in [5, 5.41) is 5.75. The van der Waals surface area contributed by atoms with Gasteiger partial charge in [0.05, 0.1) is 12.2 Å². The van der Waals surface area contributed by atoms with Gasteiger partial charge in [0.2, 0.25) is 0 Å². The Hall–Kier alpha value is -3.22. The van der Waals surface area contributed by atoms with Gasteiger partial charge in [0.25, 0.3) is 11.8 Å². The van der Waals surface area contributed by atoms with E-state index in [-0.39, 0.29) is 23.6 Å². The average Bonchev–Trinajstić information content (AvgIpc) is 2.75. The number of carbonyl (C=O) groups is 3. The maximum Gasteiger partial charge on any atom is 0.338 e. The molecular weight excluding hydrogens is 370 g/mol. The summed E-state index contributed by atoms with van der Waals surface area (Å²) >= 11 is 0. The predicted octanol–water partition coefficient (Wildman–Crippen LogP) is 3.57. The first kappa shape index (κ1) is 20.5. The lowest BCUT2D eigenvalue weighted by Crippen LogP contribution is -2.36. The molecule has 2 amide bonds. The molecule has 2 aromatic rings. The average molecular weight is 395 g/mol. The van der Waals surface area contributed by atoms with Gasteiger partial charge in [0.15, 0.2) is 0 Å². The molecule has 0 saturated heterocycles. The molecule has 0 spiro atoms. The number of rotatable bonds is 6. The number of ether oxygens (including phenoxy) is 1. The van der Waals surface area contributed by atoms with Crippen molar-refractivity contribution in [2.75, 3.05) is 11.9 Å². The van der Waals surface area contributed by atoms with Gasteiger partial charge in [0, 0.05) is 23.5 Å². The molecular formula is C22H25N3O4. The Labute approximate surface area is 169 Å². The zero-order chi connectivity index (χ0) is 20.6. The Morgan fingerprint density at radius 1 is 1.00 bits per heavy atom. The summed E-state index contributed by atoms with van der Waals surface area (Å²) in [6.07, 6.45) is 6.86. The van der Waals surface area contributed by atoms with Crippen molar-refractivity contribution in [3.8, 4) is 0 Å². The molecule has 1 aromatic heterocycles. The van der Waals surface area contributed by atoms with E-state index in [9.17, 15) is 14.4 Å². The summed E-state index contributed by atoms with van der Waals surface area (Å²) in [5.41, 5.74) is 1.51. The molecule has 1 saturated carbocycles. The van der Waals surface area contributed by atoms with Gasteiger partial charge >= 0.3 is 5.97 Å². The van der Waals surface area contributed by atoms with Crippen LogP contribution >= 0.6 is 0 Å². The highest BCUT2D eigenvalue weighted by molar-refractivity contribution is 6.05. The SMILES string of the molecule is CCOC(=O)c1ccc(NC(=O)c2ccnc(C(=O)NC3CCCCC3)c2)cc1. The zero-order valence-corrected chi connectivity index (χ0v) is 16.4. The maximum atomic E-state index is 12.5. The molecule has 7 nitrogen and oxygen atoms in total. The topological polar surface area (TPSA) is 97.4 Å². The van der Waals surface area contributed by atoms with E-state index < -0.39 is 5.97 Å². The lowest BCUT2D eigenvalue weighted by Gasteiger charge is -2.22. The van der Waals surface area contributed by atoms with Crippen molar-refractivity contribution in [1.29, 1.82) is 0 Å². The minimum absolute atomic E-state index is 0.174. The highest BCUT2D eigenvalue weighted by Crippen LogP contribution is 2.18. The molecule has 1 aliphatic rings. The third-order valence-electron chi connectivity index (χ3n) is 4.85. The van der Waals surface area contributed by atoms with Crippen molar-refractivity contribution in [2.45, 2.75) is 45.1 Å². The second-order valence-corrected chi connectivity index (χ2v) is 6.99. The Bertz CT molecular complexity index is 874. The van der Waals surface area contributed by atoms with Gasteiger partial charge in [-0.15, -0.1) is 0 Å². The van der Waals surface area contributed by atoms with Crippen LogP contribution in [0.5, 0.6) is 0 Å². The van der Waals surface area contributed by atoms with Crippen molar-refractivity contribution in [1.82, 2.24) is 10.3 Å². The summed E-state index contributed by atoms with van der Waals surface area (Å²) in [4.78, 5) is 40.8. The first-order chi connectivity index (χ1) is 14.1.